The summed E-state index contributed by atoms with van der Waals surface area (Å²) in [5.74, 6) is 0. The molecule has 0 fully saturated rings. The van der Waals surface area contributed by atoms with Gasteiger partial charge in [0.2, 0.25) is 0 Å². The van der Waals surface area contributed by atoms with E-state index in [9.17, 15) is 5.11 Å². The summed E-state index contributed by atoms with van der Waals surface area (Å²) in [4.78, 5) is 1.29. The van der Waals surface area contributed by atoms with Crippen molar-refractivity contribution in [1.82, 2.24) is 0 Å². The summed E-state index contributed by atoms with van der Waals surface area (Å²) in [5.41, 5.74) is 2.20. The van der Waals surface area contributed by atoms with Gasteiger partial charge < -0.3 is 9.52 Å². The zero-order valence-corrected chi connectivity index (χ0v) is 9.48. The molecule has 0 saturated carbocycles. The van der Waals surface area contributed by atoms with E-state index in [0.29, 0.717) is 0 Å². The molecule has 2 atom stereocenters. The van der Waals surface area contributed by atoms with Gasteiger partial charge in [0.05, 0.1) is 18.6 Å². The number of aliphatic hydroxyl groups excluding tert-OH is 1. The Kier molecular flexibility index (Phi) is 2.50. The van der Waals surface area contributed by atoms with Crippen molar-refractivity contribution in [3.05, 3.63) is 54.0 Å². The molecule has 82 valence electrons. The molecule has 16 heavy (non-hydrogen) atoms. The van der Waals surface area contributed by atoms with Crippen molar-refractivity contribution in [3.63, 3.8) is 0 Å². The summed E-state index contributed by atoms with van der Waals surface area (Å²) in [5, 5.41) is 10.4. The van der Waals surface area contributed by atoms with Gasteiger partial charge in [0.1, 0.15) is 0 Å². The van der Waals surface area contributed by atoms with E-state index < -0.39 is 6.10 Å². The van der Waals surface area contributed by atoms with Crippen LogP contribution in [0.1, 0.15) is 17.2 Å². The van der Waals surface area contributed by atoms with Crippen molar-refractivity contribution < 1.29 is 9.52 Å². The molecule has 2 heterocycles. The highest BCUT2D eigenvalue weighted by molar-refractivity contribution is 8.00. The van der Waals surface area contributed by atoms with Crippen LogP contribution in [-0.4, -0.2) is 10.4 Å². The Bertz CT molecular complexity index is 453. The van der Waals surface area contributed by atoms with Crippen molar-refractivity contribution in [2.24, 2.45) is 0 Å². The van der Waals surface area contributed by atoms with Crippen LogP contribution in [0.25, 0.3) is 0 Å². The predicted octanol–water partition coefficient (Wildman–Crippen LogP) is 3.03. The molecule has 2 nitrogen and oxygen atoms in total. The maximum Gasteiger partial charge on any atom is 0.0961 e. The lowest BCUT2D eigenvalue weighted by molar-refractivity contribution is 0.174. The molecule has 3 rings (SSSR count). The number of hydrogen-bond donors (Lipinski definition) is 1. The zero-order valence-electron chi connectivity index (χ0n) is 8.67. The van der Waals surface area contributed by atoms with E-state index in [1.54, 1.807) is 24.3 Å². The van der Waals surface area contributed by atoms with Crippen LogP contribution in [0.4, 0.5) is 0 Å². The van der Waals surface area contributed by atoms with Crippen LogP contribution in [0.3, 0.4) is 0 Å². The fraction of sp³-hybridized carbons (Fsp3) is 0.231. The Labute approximate surface area is 98.3 Å². The van der Waals surface area contributed by atoms with Crippen LogP contribution in [0.5, 0.6) is 0 Å². The standard InChI is InChI=1S/C13H12O2S/c14-13(10-5-6-15-8-10)12-7-9-3-1-2-4-11(9)16-12/h1-6,8,12-14H,7H2. The third kappa shape index (κ3) is 1.66. The van der Waals surface area contributed by atoms with Crippen LogP contribution in [0, 0.1) is 0 Å². The van der Waals surface area contributed by atoms with Gasteiger partial charge in [0, 0.05) is 15.7 Å². The molecule has 0 aliphatic carbocycles. The number of hydrogen-bond acceptors (Lipinski definition) is 3. The van der Waals surface area contributed by atoms with Crippen LogP contribution >= 0.6 is 11.8 Å². The second kappa shape index (κ2) is 4.00. The quantitative estimate of drug-likeness (QED) is 0.864. The molecule has 0 spiro atoms. The van der Waals surface area contributed by atoms with E-state index in [0.717, 1.165) is 12.0 Å². The smallest absolute Gasteiger partial charge is 0.0961 e. The van der Waals surface area contributed by atoms with Crippen LogP contribution in [-0.2, 0) is 6.42 Å². The molecular formula is C13H12O2S. The molecule has 0 saturated heterocycles. The molecule has 2 aromatic rings. The second-order valence-electron chi connectivity index (χ2n) is 3.97. The van der Waals surface area contributed by atoms with Crippen LogP contribution in [0.2, 0.25) is 0 Å². The first-order valence-corrected chi connectivity index (χ1v) is 6.17. The monoisotopic (exact) mass is 232 g/mol. The van der Waals surface area contributed by atoms with E-state index in [1.165, 1.54) is 10.5 Å². The van der Waals surface area contributed by atoms with Gasteiger partial charge >= 0.3 is 0 Å². The molecular weight excluding hydrogens is 220 g/mol. The Balaban J connectivity index is 1.81. The Hall–Kier alpha value is -1.19. The molecule has 1 N–H and O–H groups in total. The van der Waals surface area contributed by atoms with E-state index in [2.05, 4.69) is 12.1 Å². The maximum atomic E-state index is 10.2. The number of aliphatic hydroxyl groups is 1. The summed E-state index contributed by atoms with van der Waals surface area (Å²) >= 11 is 1.75. The molecule has 0 radical (unpaired) electrons. The highest BCUT2D eigenvalue weighted by Crippen LogP contribution is 2.42. The molecule has 3 heteroatoms. The van der Waals surface area contributed by atoms with Crippen LogP contribution < -0.4 is 0 Å². The minimum Gasteiger partial charge on any atom is -0.472 e. The molecule has 0 bridgehead atoms. The Morgan fingerprint density at radius 1 is 1.31 bits per heavy atom. The average Bonchev–Trinajstić information content (AvgIpc) is 2.97. The van der Waals surface area contributed by atoms with Gasteiger partial charge in [-0.2, -0.15) is 0 Å². The lowest BCUT2D eigenvalue weighted by Crippen LogP contribution is -2.13. The van der Waals surface area contributed by atoms with Gasteiger partial charge in [-0.1, -0.05) is 18.2 Å². The Morgan fingerprint density at radius 3 is 2.94 bits per heavy atom. The van der Waals surface area contributed by atoms with Gasteiger partial charge in [-0.25, -0.2) is 0 Å². The third-order valence-electron chi connectivity index (χ3n) is 2.91. The third-order valence-corrected chi connectivity index (χ3v) is 4.29. The summed E-state index contributed by atoms with van der Waals surface area (Å²) < 4.78 is 5.00. The van der Waals surface area contributed by atoms with Crippen molar-refractivity contribution >= 4 is 11.8 Å². The minimum absolute atomic E-state index is 0.204. The normalized spacial score (nSPS) is 20.7. The van der Waals surface area contributed by atoms with Gasteiger partial charge in [-0.15, -0.1) is 11.8 Å². The Morgan fingerprint density at radius 2 is 2.19 bits per heavy atom. The minimum atomic E-state index is -0.448. The fourth-order valence-electron chi connectivity index (χ4n) is 2.04. The first kappa shape index (κ1) is 10.00. The zero-order chi connectivity index (χ0) is 11.0. The van der Waals surface area contributed by atoms with Crippen molar-refractivity contribution in [1.29, 1.82) is 0 Å². The molecule has 1 aliphatic heterocycles. The van der Waals surface area contributed by atoms with Gasteiger partial charge in [0.15, 0.2) is 0 Å². The highest BCUT2D eigenvalue weighted by atomic mass is 32.2. The largest absolute Gasteiger partial charge is 0.472 e. The number of benzene rings is 1. The van der Waals surface area contributed by atoms with Crippen molar-refractivity contribution in [3.8, 4) is 0 Å². The van der Waals surface area contributed by atoms with Crippen LogP contribution in [0.15, 0.2) is 52.2 Å². The summed E-state index contributed by atoms with van der Waals surface area (Å²) in [6.07, 6.45) is 3.70. The van der Waals surface area contributed by atoms with Crippen molar-refractivity contribution in [2.45, 2.75) is 22.7 Å². The topological polar surface area (TPSA) is 33.4 Å². The average molecular weight is 232 g/mol. The summed E-state index contributed by atoms with van der Waals surface area (Å²) in [7, 11) is 0. The lowest BCUT2D eigenvalue weighted by atomic mass is 10.0. The number of thioether (sulfide) groups is 1. The molecule has 1 aliphatic rings. The number of rotatable bonds is 2. The molecule has 1 aromatic heterocycles. The highest BCUT2D eigenvalue weighted by Gasteiger charge is 2.29. The molecule has 2 unspecified atom stereocenters. The second-order valence-corrected chi connectivity index (χ2v) is 5.25. The lowest BCUT2D eigenvalue weighted by Gasteiger charge is -2.14. The molecule has 0 amide bonds. The van der Waals surface area contributed by atoms with E-state index in [-0.39, 0.29) is 5.25 Å². The predicted molar refractivity (Wildman–Crippen MR) is 63.5 cm³/mol. The molecule has 1 aromatic carbocycles. The fourth-order valence-corrected chi connectivity index (χ4v) is 3.38. The van der Waals surface area contributed by atoms with Gasteiger partial charge in [-0.05, 0) is 24.1 Å². The van der Waals surface area contributed by atoms with Gasteiger partial charge in [0.25, 0.3) is 0 Å². The van der Waals surface area contributed by atoms with E-state index in [1.807, 2.05) is 18.2 Å². The van der Waals surface area contributed by atoms with E-state index >= 15 is 0 Å². The van der Waals surface area contributed by atoms with E-state index in [4.69, 9.17) is 4.42 Å². The first-order valence-electron chi connectivity index (χ1n) is 5.29. The SMILES string of the molecule is OC(c1ccoc1)C1Cc2ccccc2S1. The summed E-state index contributed by atoms with van der Waals surface area (Å²) in [6.45, 7) is 0. The maximum absolute atomic E-state index is 10.2. The summed E-state index contributed by atoms with van der Waals surface area (Å²) in [6, 6.07) is 10.2. The number of furan rings is 1. The first-order chi connectivity index (χ1) is 7.84. The number of fused-ring (bicyclic) bond motifs is 1. The van der Waals surface area contributed by atoms with Crippen molar-refractivity contribution in [2.75, 3.05) is 0 Å². The van der Waals surface area contributed by atoms with Gasteiger partial charge in [-0.3, -0.25) is 0 Å².